The van der Waals surface area contributed by atoms with Crippen molar-refractivity contribution >= 4 is 17.1 Å². The summed E-state index contributed by atoms with van der Waals surface area (Å²) in [4.78, 5) is 0. The molecule has 0 aromatic carbocycles. The summed E-state index contributed by atoms with van der Waals surface area (Å²) in [5.41, 5.74) is 0. The van der Waals surface area contributed by atoms with E-state index in [1.807, 2.05) is 0 Å². The maximum Gasteiger partial charge on any atom is 0.500 e. The topological polar surface area (TPSA) is 36.9 Å². The summed E-state index contributed by atoms with van der Waals surface area (Å²) in [6.45, 7) is 12.2. The second kappa shape index (κ2) is 7.90. The highest BCUT2D eigenvalue weighted by Crippen LogP contribution is 2.36. The van der Waals surface area contributed by atoms with Crippen LogP contribution in [-0.4, -0.2) is 45.1 Å². The lowest BCUT2D eigenvalue weighted by Gasteiger charge is -2.36. The first kappa shape index (κ1) is 19.3. The Hall–Kier alpha value is 0.274. The number of unbranched alkanes of at least 4 members (excludes halogenated alkanes) is 1. The van der Waals surface area contributed by atoms with Gasteiger partial charge in [-0.05, 0) is 31.0 Å². The fraction of sp³-hybridized carbons (Fsp3) is 1.00. The van der Waals surface area contributed by atoms with Gasteiger partial charge in [0.05, 0.1) is 0 Å². The molecule has 0 aromatic rings. The van der Waals surface area contributed by atoms with Crippen molar-refractivity contribution in [1.29, 1.82) is 0 Å². The Balaban J connectivity index is 4.00. The maximum atomic E-state index is 6.14. The Bertz CT molecular complexity index is 235. The second-order valence-corrected chi connectivity index (χ2v) is 14.3. The predicted molar refractivity (Wildman–Crippen MR) is 84.0 cm³/mol. The zero-order valence-corrected chi connectivity index (χ0v) is 16.0. The third-order valence-corrected chi connectivity index (χ3v) is 11.4. The van der Waals surface area contributed by atoms with E-state index in [1.165, 1.54) is 0 Å². The summed E-state index contributed by atoms with van der Waals surface area (Å²) in [6.07, 6.45) is 2.04. The Morgan fingerprint density at radius 2 is 1.32 bits per heavy atom. The van der Waals surface area contributed by atoms with Gasteiger partial charge in [-0.15, -0.1) is 0 Å². The van der Waals surface area contributed by atoms with Crippen LogP contribution >= 0.6 is 0 Å². The Morgan fingerprint density at radius 3 is 1.68 bits per heavy atom. The minimum Gasteiger partial charge on any atom is -0.417 e. The molecule has 0 N–H and O–H groups in total. The lowest BCUT2D eigenvalue weighted by Crippen LogP contribution is -2.43. The summed E-state index contributed by atoms with van der Waals surface area (Å²) in [5, 5.41) is 0.275. The molecule has 6 heteroatoms. The van der Waals surface area contributed by atoms with Crippen molar-refractivity contribution in [3.63, 3.8) is 0 Å². The normalized spacial score (nSPS) is 13.9. The van der Waals surface area contributed by atoms with Crippen molar-refractivity contribution < 1.29 is 17.7 Å². The van der Waals surface area contributed by atoms with Gasteiger partial charge in [0.2, 0.25) is 0 Å². The van der Waals surface area contributed by atoms with Crippen molar-refractivity contribution in [1.82, 2.24) is 0 Å². The molecule has 0 amide bonds. The van der Waals surface area contributed by atoms with Gasteiger partial charge in [-0.3, -0.25) is 0 Å². The Kier molecular flexibility index (Phi) is 8.01. The Labute approximate surface area is 121 Å². The molecule has 4 nitrogen and oxygen atoms in total. The average molecular weight is 309 g/mol. The molecule has 0 spiro atoms. The fourth-order valence-corrected chi connectivity index (χ4v) is 4.43. The summed E-state index contributed by atoms with van der Waals surface area (Å²) in [5.74, 6) is 0. The molecule has 0 aliphatic rings. The van der Waals surface area contributed by atoms with E-state index >= 15 is 0 Å². The predicted octanol–water partition coefficient (Wildman–Crippen LogP) is 3.67. The lowest BCUT2D eigenvalue weighted by atomic mass is 10.2. The van der Waals surface area contributed by atoms with Gasteiger partial charge in [0.15, 0.2) is 8.32 Å². The van der Waals surface area contributed by atoms with Crippen molar-refractivity contribution in [3.8, 4) is 0 Å². The second-order valence-electron chi connectivity index (χ2n) is 6.36. The van der Waals surface area contributed by atoms with Gasteiger partial charge in [-0.2, -0.15) is 0 Å². The van der Waals surface area contributed by atoms with Gasteiger partial charge in [0.25, 0.3) is 0 Å². The van der Waals surface area contributed by atoms with E-state index in [2.05, 4.69) is 33.9 Å². The highest BCUT2D eigenvalue weighted by molar-refractivity contribution is 6.74. The van der Waals surface area contributed by atoms with E-state index in [4.69, 9.17) is 17.7 Å². The van der Waals surface area contributed by atoms with Crippen molar-refractivity contribution in [2.45, 2.75) is 57.8 Å². The molecule has 0 saturated heterocycles. The van der Waals surface area contributed by atoms with Crippen LogP contribution in [0.15, 0.2) is 0 Å². The molecule has 0 saturated carbocycles. The zero-order chi connectivity index (χ0) is 15.2. The van der Waals surface area contributed by atoms with Gasteiger partial charge < -0.3 is 17.7 Å². The van der Waals surface area contributed by atoms with Crippen LogP contribution in [0.3, 0.4) is 0 Å². The van der Waals surface area contributed by atoms with Crippen LogP contribution < -0.4 is 0 Å². The third-order valence-electron chi connectivity index (χ3n) is 4.08. The van der Waals surface area contributed by atoms with Gasteiger partial charge in [0.1, 0.15) is 0 Å². The van der Waals surface area contributed by atoms with Crippen molar-refractivity contribution in [2.24, 2.45) is 0 Å². The summed E-state index contributed by atoms with van der Waals surface area (Å²) >= 11 is 0. The molecule has 116 valence electrons. The van der Waals surface area contributed by atoms with Crippen LogP contribution in [0.4, 0.5) is 0 Å². The summed E-state index contributed by atoms with van der Waals surface area (Å²) in [6, 6.07) is 0.845. The smallest absolute Gasteiger partial charge is 0.417 e. The lowest BCUT2D eigenvalue weighted by molar-refractivity contribution is 0.122. The molecule has 0 aliphatic heterocycles. The minimum absolute atomic E-state index is 0.275. The first-order chi connectivity index (χ1) is 8.64. The van der Waals surface area contributed by atoms with E-state index in [-0.39, 0.29) is 5.04 Å². The standard InChI is InChI=1S/C13H32O4Si2/c1-13(2,3)18(7,8)17-11-9-10-12-19(14-4,15-5)16-6/h9-12H2,1-8H3. The highest BCUT2D eigenvalue weighted by Gasteiger charge is 2.38. The molecule has 0 atom stereocenters. The van der Waals surface area contributed by atoms with E-state index < -0.39 is 17.1 Å². The molecule has 0 rings (SSSR count). The highest BCUT2D eigenvalue weighted by atomic mass is 28.4. The molecular formula is C13H32O4Si2. The van der Waals surface area contributed by atoms with Crippen LogP contribution in [-0.2, 0) is 17.7 Å². The number of rotatable bonds is 9. The summed E-state index contributed by atoms with van der Waals surface area (Å²) < 4.78 is 22.3. The van der Waals surface area contributed by atoms with Gasteiger partial charge in [0, 0.05) is 34.0 Å². The number of hydrogen-bond donors (Lipinski definition) is 0. The molecule has 0 fully saturated rings. The monoisotopic (exact) mass is 308 g/mol. The van der Waals surface area contributed by atoms with Crippen molar-refractivity contribution in [3.05, 3.63) is 0 Å². The van der Waals surface area contributed by atoms with Crippen LogP contribution in [0.25, 0.3) is 0 Å². The zero-order valence-electron chi connectivity index (χ0n) is 14.0. The third kappa shape index (κ3) is 6.05. The molecule has 0 unspecified atom stereocenters. The number of hydrogen-bond acceptors (Lipinski definition) is 4. The van der Waals surface area contributed by atoms with Gasteiger partial charge in [-0.25, -0.2) is 0 Å². The molecule has 19 heavy (non-hydrogen) atoms. The van der Waals surface area contributed by atoms with Crippen LogP contribution in [0.1, 0.15) is 33.6 Å². The summed E-state index contributed by atoms with van der Waals surface area (Å²) in [7, 11) is 0.972. The first-order valence-corrected chi connectivity index (χ1v) is 11.8. The first-order valence-electron chi connectivity index (χ1n) is 6.93. The van der Waals surface area contributed by atoms with Gasteiger partial charge in [-0.1, -0.05) is 20.8 Å². The SMILES string of the molecule is CO[Si](CCCCO[Si](C)(C)C(C)(C)C)(OC)OC. The fourth-order valence-electron chi connectivity index (χ4n) is 1.54. The Morgan fingerprint density at radius 1 is 0.842 bits per heavy atom. The quantitative estimate of drug-likeness (QED) is 0.481. The van der Waals surface area contributed by atoms with Crippen LogP contribution in [0.5, 0.6) is 0 Å². The molecule has 0 aliphatic carbocycles. The van der Waals surface area contributed by atoms with E-state index in [0.717, 1.165) is 25.5 Å². The molecule has 0 radical (unpaired) electrons. The van der Waals surface area contributed by atoms with Gasteiger partial charge >= 0.3 is 8.80 Å². The van der Waals surface area contributed by atoms with Crippen LogP contribution in [0, 0.1) is 0 Å². The molecule has 0 bridgehead atoms. The van der Waals surface area contributed by atoms with E-state index in [1.54, 1.807) is 21.3 Å². The maximum absolute atomic E-state index is 6.14. The largest absolute Gasteiger partial charge is 0.500 e. The molecular weight excluding hydrogens is 276 g/mol. The minimum atomic E-state index is -2.39. The van der Waals surface area contributed by atoms with E-state index in [0.29, 0.717) is 0 Å². The average Bonchev–Trinajstić information content (AvgIpc) is 2.33. The molecule has 0 aromatic heterocycles. The van der Waals surface area contributed by atoms with Crippen molar-refractivity contribution in [2.75, 3.05) is 27.9 Å². The molecule has 0 heterocycles. The van der Waals surface area contributed by atoms with E-state index in [9.17, 15) is 0 Å². The van der Waals surface area contributed by atoms with Crippen LogP contribution in [0.2, 0.25) is 24.2 Å².